The summed E-state index contributed by atoms with van der Waals surface area (Å²) in [5, 5.41) is 0. The molecule has 1 amide bonds. The topological polar surface area (TPSA) is 49.9 Å². The van der Waals surface area contributed by atoms with Crippen LogP contribution in [0.25, 0.3) is 0 Å². The van der Waals surface area contributed by atoms with Gasteiger partial charge in [-0.2, -0.15) is 0 Å². The van der Waals surface area contributed by atoms with Crippen LogP contribution < -0.4 is 0 Å². The number of carbonyl (C=O) groups is 2. The van der Waals surface area contributed by atoms with Gasteiger partial charge >= 0.3 is 5.97 Å². The molecular weight excluding hydrogens is 256 g/mol. The molecule has 0 saturated heterocycles. The van der Waals surface area contributed by atoms with Crippen LogP contribution in [-0.4, -0.2) is 62.0 Å². The van der Waals surface area contributed by atoms with E-state index in [0.29, 0.717) is 19.1 Å². The third kappa shape index (κ3) is 5.12. The van der Waals surface area contributed by atoms with Crippen molar-refractivity contribution in [1.29, 1.82) is 0 Å². The maximum absolute atomic E-state index is 12.2. The Morgan fingerprint density at radius 2 is 1.80 bits per heavy atom. The second-order valence-electron chi connectivity index (χ2n) is 5.92. The molecule has 20 heavy (non-hydrogen) atoms. The number of hydrogen-bond acceptors (Lipinski definition) is 4. The van der Waals surface area contributed by atoms with Gasteiger partial charge in [0.1, 0.15) is 0 Å². The lowest BCUT2D eigenvalue weighted by atomic mass is 9.94. The van der Waals surface area contributed by atoms with Crippen molar-refractivity contribution in [3.8, 4) is 0 Å². The van der Waals surface area contributed by atoms with Crippen LogP contribution in [-0.2, 0) is 14.3 Å². The average Bonchev–Trinajstić information content (AvgIpc) is 2.46. The van der Waals surface area contributed by atoms with E-state index in [1.54, 1.807) is 0 Å². The van der Waals surface area contributed by atoms with Gasteiger partial charge in [-0.1, -0.05) is 26.2 Å². The molecule has 0 spiro atoms. The highest BCUT2D eigenvalue weighted by Gasteiger charge is 2.23. The zero-order chi connectivity index (χ0) is 15.1. The van der Waals surface area contributed by atoms with Crippen LogP contribution in [0.1, 0.15) is 39.0 Å². The van der Waals surface area contributed by atoms with Crippen LogP contribution in [0.5, 0.6) is 0 Å². The molecule has 0 radical (unpaired) electrons. The van der Waals surface area contributed by atoms with Crippen LogP contribution in [0.4, 0.5) is 0 Å². The zero-order valence-corrected chi connectivity index (χ0v) is 13.2. The van der Waals surface area contributed by atoms with Crippen molar-refractivity contribution in [2.45, 2.75) is 45.1 Å². The second kappa shape index (κ2) is 8.25. The van der Waals surface area contributed by atoms with E-state index in [4.69, 9.17) is 4.74 Å². The van der Waals surface area contributed by atoms with Crippen molar-refractivity contribution in [3.05, 3.63) is 0 Å². The first-order valence-corrected chi connectivity index (χ1v) is 7.47. The largest absolute Gasteiger partial charge is 0.469 e. The fraction of sp³-hybridized carbons (Fsp3) is 0.867. The first kappa shape index (κ1) is 17.0. The van der Waals surface area contributed by atoms with E-state index in [-0.39, 0.29) is 17.8 Å². The van der Waals surface area contributed by atoms with Crippen molar-refractivity contribution in [1.82, 2.24) is 9.80 Å². The average molecular weight is 284 g/mol. The number of likely N-dealkylation sites (N-methyl/N-ethyl adjacent to an activating group) is 2. The molecule has 0 bridgehead atoms. The van der Waals surface area contributed by atoms with E-state index in [1.807, 2.05) is 30.8 Å². The quantitative estimate of drug-likeness (QED) is 0.694. The van der Waals surface area contributed by atoms with Gasteiger partial charge in [-0.3, -0.25) is 14.5 Å². The van der Waals surface area contributed by atoms with E-state index < -0.39 is 0 Å². The third-order valence-corrected chi connectivity index (χ3v) is 4.11. The molecule has 0 aromatic heterocycles. The summed E-state index contributed by atoms with van der Waals surface area (Å²) < 4.78 is 4.70. The molecule has 0 heterocycles. The lowest BCUT2D eigenvalue weighted by Crippen LogP contribution is -2.44. The van der Waals surface area contributed by atoms with Gasteiger partial charge in [0.2, 0.25) is 5.91 Å². The number of nitrogens with zero attached hydrogens (tertiary/aromatic N) is 2. The molecule has 1 aliphatic rings. The Balaban J connectivity index is 2.38. The number of amides is 1. The van der Waals surface area contributed by atoms with E-state index in [2.05, 4.69) is 0 Å². The fourth-order valence-corrected chi connectivity index (χ4v) is 2.82. The van der Waals surface area contributed by atoms with E-state index >= 15 is 0 Å². The standard InChI is InChI=1S/C15H28N2O3/c1-12(15(19)20-4)10-16(2)11-14(18)17(3)13-8-6-5-7-9-13/h12-13H,5-11H2,1-4H3. The Morgan fingerprint density at radius 3 is 2.35 bits per heavy atom. The highest BCUT2D eigenvalue weighted by molar-refractivity contribution is 5.78. The summed E-state index contributed by atoms with van der Waals surface area (Å²) in [6, 6.07) is 0.391. The number of ether oxygens (including phenoxy) is 1. The first-order chi connectivity index (χ1) is 9.45. The summed E-state index contributed by atoms with van der Waals surface area (Å²) in [4.78, 5) is 27.4. The molecule has 1 rings (SSSR count). The van der Waals surface area contributed by atoms with Crippen LogP contribution in [0, 0.1) is 5.92 Å². The molecule has 1 unspecified atom stereocenters. The molecule has 0 aromatic carbocycles. The lowest BCUT2D eigenvalue weighted by molar-refractivity contribution is -0.146. The molecule has 0 aliphatic heterocycles. The molecule has 1 saturated carbocycles. The summed E-state index contributed by atoms with van der Waals surface area (Å²) in [5.74, 6) is -0.306. The van der Waals surface area contributed by atoms with Crippen molar-refractivity contribution in [2.24, 2.45) is 5.92 Å². The number of esters is 1. The first-order valence-electron chi connectivity index (χ1n) is 7.47. The molecule has 0 aromatic rings. The Hall–Kier alpha value is -1.10. The zero-order valence-electron chi connectivity index (χ0n) is 13.2. The molecule has 1 fully saturated rings. The molecule has 5 heteroatoms. The third-order valence-electron chi connectivity index (χ3n) is 4.11. The number of hydrogen-bond donors (Lipinski definition) is 0. The van der Waals surface area contributed by atoms with Gasteiger partial charge in [0.25, 0.3) is 0 Å². The van der Waals surface area contributed by atoms with Crippen LogP contribution in [0.2, 0.25) is 0 Å². The van der Waals surface area contributed by atoms with Crippen LogP contribution in [0.15, 0.2) is 0 Å². The minimum Gasteiger partial charge on any atom is -0.469 e. The van der Waals surface area contributed by atoms with Gasteiger partial charge in [-0.25, -0.2) is 0 Å². The van der Waals surface area contributed by atoms with Crippen LogP contribution in [0.3, 0.4) is 0 Å². The fourth-order valence-electron chi connectivity index (χ4n) is 2.82. The van der Waals surface area contributed by atoms with Crippen molar-refractivity contribution in [3.63, 3.8) is 0 Å². The predicted molar refractivity (Wildman–Crippen MR) is 78.3 cm³/mol. The van der Waals surface area contributed by atoms with Gasteiger partial charge in [0, 0.05) is 19.6 Å². The molecule has 116 valence electrons. The van der Waals surface area contributed by atoms with Gasteiger partial charge < -0.3 is 9.64 Å². The van der Waals surface area contributed by atoms with Crippen molar-refractivity contribution in [2.75, 3.05) is 34.3 Å². The number of rotatable bonds is 6. The monoisotopic (exact) mass is 284 g/mol. The highest BCUT2D eigenvalue weighted by atomic mass is 16.5. The Kier molecular flexibility index (Phi) is 6.99. The maximum atomic E-state index is 12.2. The molecule has 0 N–H and O–H groups in total. The summed E-state index contributed by atoms with van der Waals surface area (Å²) in [7, 11) is 5.16. The van der Waals surface area contributed by atoms with Crippen LogP contribution >= 0.6 is 0 Å². The van der Waals surface area contributed by atoms with Crippen molar-refractivity contribution < 1.29 is 14.3 Å². The smallest absolute Gasteiger partial charge is 0.309 e. The Bertz CT molecular complexity index is 327. The minimum absolute atomic E-state index is 0.136. The predicted octanol–water partition coefficient (Wildman–Crippen LogP) is 1.52. The van der Waals surface area contributed by atoms with Crippen molar-refractivity contribution >= 4 is 11.9 Å². The summed E-state index contributed by atoms with van der Waals surface area (Å²) >= 11 is 0. The van der Waals surface area contributed by atoms with Gasteiger partial charge in [-0.05, 0) is 19.9 Å². The van der Waals surface area contributed by atoms with E-state index in [9.17, 15) is 9.59 Å². The Morgan fingerprint density at radius 1 is 1.20 bits per heavy atom. The lowest BCUT2D eigenvalue weighted by Gasteiger charge is -2.32. The Labute approximate surface area is 122 Å². The SMILES string of the molecule is COC(=O)C(C)CN(C)CC(=O)N(C)C1CCCCC1. The maximum Gasteiger partial charge on any atom is 0.309 e. The molecule has 1 aliphatic carbocycles. The van der Waals surface area contributed by atoms with Gasteiger partial charge in [0.05, 0.1) is 19.6 Å². The second-order valence-corrected chi connectivity index (χ2v) is 5.92. The van der Waals surface area contributed by atoms with Gasteiger partial charge in [-0.15, -0.1) is 0 Å². The van der Waals surface area contributed by atoms with Gasteiger partial charge in [0.15, 0.2) is 0 Å². The number of methoxy groups -OCH3 is 1. The summed E-state index contributed by atoms with van der Waals surface area (Å²) in [6.45, 7) is 2.71. The normalized spacial score (nSPS) is 17.9. The van der Waals surface area contributed by atoms with E-state index in [0.717, 1.165) is 12.8 Å². The molecule has 5 nitrogen and oxygen atoms in total. The molecule has 1 atom stereocenters. The highest BCUT2D eigenvalue weighted by Crippen LogP contribution is 2.21. The van der Waals surface area contributed by atoms with E-state index in [1.165, 1.54) is 26.4 Å². The summed E-state index contributed by atoms with van der Waals surface area (Å²) in [5.41, 5.74) is 0. The number of carbonyl (C=O) groups excluding carboxylic acids is 2. The minimum atomic E-state index is -0.232. The molecular formula is C15H28N2O3. The summed E-state index contributed by atoms with van der Waals surface area (Å²) in [6.07, 6.45) is 5.96.